The quantitative estimate of drug-likeness (QED) is 0.123. The third kappa shape index (κ3) is 24.8. The first kappa shape index (κ1) is 50.8. The molecule has 2 aliphatic rings. The summed E-state index contributed by atoms with van der Waals surface area (Å²) in [6.45, 7) is 0. The maximum absolute atomic E-state index is 10.4. The van der Waals surface area contributed by atoms with E-state index >= 15 is 0 Å². The Kier molecular flexibility index (Phi) is 25.8. The van der Waals surface area contributed by atoms with Crippen molar-refractivity contribution in [3.8, 4) is 0 Å². The van der Waals surface area contributed by atoms with E-state index in [0.29, 0.717) is 0 Å². The zero-order chi connectivity index (χ0) is 37.5. The second-order valence-electron chi connectivity index (χ2n) is 9.16. The monoisotopic (exact) mass is 888 g/mol. The minimum absolute atomic E-state index is 0. The summed E-state index contributed by atoms with van der Waals surface area (Å²) in [6, 6.07) is 29.7. The van der Waals surface area contributed by atoms with Gasteiger partial charge >= 0.3 is 26.2 Å². The molecule has 0 amide bonds. The Bertz CT molecular complexity index is 1820. The molecule has 0 unspecified atom stereocenters. The van der Waals surface area contributed by atoms with Crippen LogP contribution in [0.1, 0.15) is 12.8 Å². The van der Waals surface area contributed by atoms with Gasteiger partial charge in [0.1, 0.15) is 0 Å². The van der Waals surface area contributed by atoms with Gasteiger partial charge < -0.3 is 0 Å². The molecule has 0 fully saturated rings. The molecular weight excluding hydrogens is 855 g/mol. The van der Waals surface area contributed by atoms with Gasteiger partial charge in [-0.2, -0.15) is 45.8 Å². The van der Waals surface area contributed by atoms with Gasteiger partial charge in [0.05, 0.1) is 19.6 Å². The van der Waals surface area contributed by atoms with Crippen LogP contribution >= 0.6 is 12.4 Å². The first-order valence-electron chi connectivity index (χ1n) is 14.0. The number of rotatable bonds is 4. The van der Waals surface area contributed by atoms with Crippen LogP contribution < -0.4 is 0 Å². The second kappa shape index (κ2) is 26.4. The summed E-state index contributed by atoms with van der Waals surface area (Å²) in [4.78, 5) is -0.296. The maximum Gasteiger partial charge on any atom is 2.00 e. The van der Waals surface area contributed by atoms with Gasteiger partial charge in [-0.05, 0) is 48.5 Å². The summed E-state index contributed by atoms with van der Waals surface area (Å²) in [5, 5.41) is 0. The molecule has 6 rings (SSSR count). The predicted molar refractivity (Wildman–Crippen MR) is 195 cm³/mol. The average Bonchev–Trinajstić information content (AvgIpc) is 3.87. The molecule has 0 aliphatic heterocycles. The molecule has 0 aromatic heterocycles. The van der Waals surface area contributed by atoms with Gasteiger partial charge in [0.15, 0.2) is 0 Å². The molecule has 4 aromatic rings. The second-order valence-corrected chi connectivity index (χ2v) is 14.8. The van der Waals surface area contributed by atoms with Crippen molar-refractivity contribution in [2.75, 3.05) is 0 Å². The number of benzene rings is 4. The van der Waals surface area contributed by atoms with Crippen LogP contribution in [0, 0.1) is 12.2 Å². The van der Waals surface area contributed by atoms with Crippen LogP contribution in [-0.2, 0) is 66.7 Å². The summed E-state index contributed by atoms with van der Waals surface area (Å²) in [5.74, 6) is 0. The van der Waals surface area contributed by atoms with E-state index in [2.05, 4.69) is 24.3 Å². The van der Waals surface area contributed by atoms with Gasteiger partial charge in [0, 0.05) is 0 Å². The Morgan fingerprint density at radius 2 is 0.577 bits per heavy atom. The van der Waals surface area contributed by atoms with Crippen molar-refractivity contribution in [1.82, 2.24) is 0 Å². The molecule has 52 heavy (non-hydrogen) atoms. The Balaban J connectivity index is 0. The van der Waals surface area contributed by atoms with Gasteiger partial charge in [0.2, 0.25) is 0 Å². The standard InChI is InChI=1S/4C6H6O3S.2C5H5.ClH.Zr/c4*7-10(8,9)6-4-2-1-3-5-6;2*1-2-4-5-3-1;;/h4*1-5H,(H,7,8,9);2*1-3H,4H2;1H;/q;;;;2*-1;;+2. The Morgan fingerprint density at radius 3 is 0.654 bits per heavy atom. The van der Waals surface area contributed by atoms with Crippen LogP contribution in [-0.4, -0.2) is 51.9 Å². The number of halogens is 1. The molecule has 0 bridgehead atoms. The van der Waals surface area contributed by atoms with Crippen molar-refractivity contribution < 1.29 is 78.1 Å². The zero-order valence-electron chi connectivity index (χ0n) is 27.0. The molecule has 0 spiro atoms. The molecule has 0 heterocycles. The van der Waals surface area contributed by atoms with Crippen LogP contribution in [0.4, 0.5) is 0 Å². The fourth-order valence-corrected chi connectivity index (χ4v) is 5.05. The SMILES string of the molecule is Cl.O=S(=O)(O)c1ccccc1.O=S(=O)(O)c1ccccc1.O=S(=O)(O)c1ccccc1.O=S(=O)(O)c1ccccc1.[C-]1=CC=CC1.[C-]1=CC=CC1.[Zr+2]. The van der Waals surface area contributed by atoms with E-state index in [1.165, 1.54) is 48.5 Å². The molecule has 0 atom stereocenters. The molecule has 12 nitrogen and oxygen atoms in total. The smallest absolute Gasteiger partial charge is 0.282 e. The fourth-order valence-electron chi connectivity index (χ4n) is 3.05. The van der Waals surface area contributed by atoms with Crippen molar-refractivity contribution in [2.45, 2.75) is 32.4 Å². The molecule has 4 N–H and O–H groups in total. The van der Waals surface area contributed by atoms with Gasteiger partial charge in [-0.25, -0.2) is 24.3 Å². The van der Waals surface area contributed by atoms with Crippen LogP contribution in [0.15, 0.2) is 177 Å². The van der Waals surface area contributed by atoms with Crippen LogP contribution in [0.3, 0.4) is 0 Å². The van der Waals surface area contributed by atoms with Gasteiger partial charge in [-0.1, -0.05) is 72.8 Å². The number of hydrogen-bond acceptors (Lipinski definition) is 8. The molecule has 0 radical (unpaired) electrons. The van der Waals surface area contributed by atoms with E-state index in [1.54, 1.807) is 72.8 Å². The zero-order valence-corrected chi connectivity index (χ0v) is 33.6. The molecule has 0 saturated heterocycles. The van der Waals surface area contributed by atoms with Gasteiger partial charge in [-0.15, -0.1) is 25.2 Å². The third-order valence-corrected chi connectivity index (χ3v) is 8.81. The van der Waals surface area contributed by atoms with E-state index < -0.39 is 40.5 Å². The van der Waals surface area contributed by atoms with Crippen LogP contribution in [0.2, 0.25) is 0 Å². The Hall–Kier alpha value is -3.35. The average molecular weight is 891 g/mol. The van der Waals surface area contributed by atoms with Crippen molar-refractivity contribution in [2.24, 2.45) is 0 Å². The largest absolute Gasteiger partial charge is 2.00 e. The van der Waals surface area contributed by atoms with Gasteiger partial charge in [-0.3, -0.25) is 30.4 Å². The number of allylic oxidation sites excluding steroid dienone is 8. The van der Waals surface area contributed by atoms with Crippen LogP contribution in [0.5, 0.6) is 0 Å². The minimum atomic E-state index is -4.00. The van der Waals surface area contributed by atoms with E-state index in [9.17, 15) is 33.7 Å². The topological polar surface area (TPSA) is 217 Å². The van der Waals surface area contributed by atoms with Crippen molar-refractivity contribution >= 4 is 52.9 Å². The summed E-state index contributed by atoms with van der Waals surface area (Å²) in [7, 11) is -16.0. The number of hydrogen-bond donors (Lipinski definition) is 4. The summed E-state index contributed by atoms with van der Waals surface area (Å²) in [5.41, 5.74) is 0. The first-order valence-corrected chi connectivity index (χ1v) is 19.7. The molecule has 0 saturated carbocycles. The van der Waals surface area contributed by atoms with E-state index in [0.717, 1.165) is 12.8 Å². The Labute approximate surface area is 330 Å². The summed E-state index contributed by atoms with van der Waals surface area (Å²) >= 11 is 0. The molecule has 2 aliphatic carbocycles. The minimum Gasteiger partial charge on any atom is -0.282 e. The fraction of sp³-hybridized carbons (Fsp3) is 0.0588. The van der Waals surface area contributed by atoms with Crippen molar-refractivity contribution in [1.29, 1.82) is 0 Å². The summed E-state index contributed by atoms with van der Waals surface area (Å²) in [6.07, 6.45) is 20.0. The summed E-state index contributed by atoms with van der Waals surface area (Å²) < 4.78 is 117. The Morgan fingerprint density at radius 1 is 0.385 bits per heavy atom. The normalized spacial score (nSPS) is 12.1. The van der Waals surface area contributed by atoms with E-state index in [-0.39, 0.29) is 58.2 Å². The molecule has 4 aromatic carbocycles. The van der Waals surface area contributed by atoms with Crippen molar-refractivity contribution in [3.05, 3.63) is 170 Å². The van der Waals surface area contributed by atoms with Gasteiger partial charge in [0.25, 0.3) is 40.5 Å². The maximum atomic E-state index is 10.4. The molecular formula is C34H35ClO12S4Zr. The van der Waals surface area contributed by atoms with E-state index in [4.69, 9.17) is 18.2 Å². The van der Waals surface area contributed by atoms with Crippen LogP contribution in [0.25, 0.3) is 0 Å². The van der Waals surface area contributed by atoms with Crippen molar-refractivity contribution in [3.63, 3.8) is 0 Å². The molecule has 278 valence electrons. The van der Waals surface area contributed by atoms with E-state index in [1.807, 2.05) is 24.3 Å². The predicted octanol–water partition coefficient (Wildman–Crippen LogP) is 6.76. The molecule has 18 heteroatoms. The first-order chi connectivity index (χ1) is 23.4. The third-order valence-electron chi connectivity index (χ3n) is 5.34.